The number of benzene rings is 1. The molecule has 24 heavy (non-hydrogen) atoms. The van der Waals surface area contributed by atoms with Crippen LogP contribution in [0, 0.1) is 0 Å². The zero-order chi connectivity index (χ0) is 16.4. The molecule has 0 saturated heterocycles. The number of aromatic nitrogens is 2. The van der Waals surface area contributed by atoms with Crippen LogP contribution in [-0.4, -0.2) is 21.6 Å². The molecule has 1 atom stereocenters. The first kappa shape index (κ1) is 15.2. The molecule has 5 nitrogen and oxygen atoms in total. The van der Waals surface area contributed by atoms with Crippen LogP contribution in [0.5, 0.6) is 0 Å². The van der Waals surface area contributed by atoms with E-state index in [2.05, 4.69) is 33.5 Å². The Morgan fingerprint density at radius 3 is 3.12 bits per heavy atom. The zero-order valence-corrected chi connectivity index (χ0v) is 13.9. The molecule has 6 heteroatoms. The van der Waals surface area contributed by atoms with Crippen molar-refractivity contribution in [3.8, 4) is 0 Å². The van der Waals surface area contributed by atoms with Crippen molar-refractivity contribution < 1.29 is 9.21 Å². The van der Waals surface area contributed by atoms with Crippen molar-refractivity contribution in [2.45, 2.75) is 30.5 Å². The molecule has 0 bridgehead atoms. The molecule has 1 N–H and O–H groups in total. The molecule has 0 aliphatic heterocycles. The van der Waals surface area contributed by atoms with Crippen LogP contribution in [0.3, 0.4) is 0 Å². The Labute approximate surface area is 143 Å². The smallest absolute Gasteiger partial charge is 0.258 e. The van der Waals surface area contributed by atoms with Gasteiger partial charge in [-0.25, -0.2) is 4.98 Å². The summed E-state index contributed by atoms with van der Waals surface area (Å²) in [6.07, 6.45) is 4.85. The molecular weight excluding hydrogens is 322 g/mol. The lowest BCUT2D eigenvalue weighted by Gasteiger charge is -2.26. The predicted octanol–water partition coefficient (Wildman–Crippen LogP) is 3.51. The summed E-state index contributed by atoms with van der Waals surface area (Å²) in [4.78, 5) is 20.7. The van der Waals surface area contributed by atoms with Gasteiger partial charge in [-0.3, -0.25) is 4.79 Å². The highest BCUT2D eigenvalue weighted by Crippen LogP contribution is 2.29. The molecule has 0 saturated carbocycles. The minimum atomic E-state index is -0.00285. The van der Waals surface area contributed by atoms with E-state index in [9.17, 15) is 4.79 Å². The van der Waals surface area contributed by atoms with Gasteiger partial charge in [0.05, 0.1) is 11.8 Å². The number of thioether (sulfide) groups is 1. The average molecular weight is 339 g/mol. The number of pyridine rings is 1. The number of amides is 1. The van der Waals surface area contributed by atoms with Gasteiger partial charge in [-0.05, 0) is 42.5 Å². The lowest BCUT2D eigenvalue weighted by molar-refractivity contribution is -0.119. The van der Waals surface area contributed by atoms with E-state index in [4.69, 9.17) is 4.42 Å². The molecule has 122 valence electrons. The van der Waals surface area contributed by atoms with Gasteiger partial charge in [-0.1, -0.05) is 36.0 Å². The van der Waals surface area contributed by atoms with Crippen LogP contribution in [0.1, 0.15) is 30.0 Å². The van der Waals surface area contributed by atoms with Crippen molar-refractivity contribution in [2.75, 3.05) is 5.75 Å². The van der Waals surface area contributed by atoms with Gasteiger partial charge in [-0.15, -0.1) is 0 Å². The summed E-state index contributed by atoms with van der Waals surface area (Å²) in [5.74, 6) is 0.280. The van der Waals surface area contributed by atoms with Gasteiger partial charge in [-0.2, -0.15) is 4.98 Å². The average Bonchev–Trinajstić information content (AvgIpc) is 3.03. The van der Waals surface area contributed by atoms with Gasteiger partial charge in [0, 0.05) is 6.20 Å². The van der Waals surface area contributed by atoms with Crippen molar-refractivity contribution in [2.24, 2.45) is 0 Å². The van der Waals surface area contributed by atoms with Gasteiger partial charge in [0.25, 0.3) is 5.22 Å². The normalized spacial score (nSPS) is 16.8. The monoisotopic (exact) mass is 339 g/mol. The number of hydrogen-bond donors (Lipinski definition) is 1. The number of nitrogens with one attached hydrogen (secondary N) is 1. The number of carbonyl (C=O) groups excluding carboxylic acids is 1. The summed E-state index contributed by atoms with van der Waals surface area (Å²) in [6, 6.07) is 12.1. The van der Waals surface area contributed by atoms with Crippen LogP contribution in [0.4, 0.5) is 0 Å². The molecule has 1 aliphatic rings. The van der Waals surface area contributed by atoms with Gasteiger partial charge in [0.1, 0.15) is 0 Å². The number of rotatable bonds is 4. The fourth-order valence-electron chi connectivity index (χ4n) is 3.08. The van der Waals surface area contributed by atoms with Gasteiger partial charge >= 0.3 is 0 Å². The molecule has 2 heterocycles. The number of nitrogens with zero attached hydrogens (tertiary/aromatic N) is 2. The van der Waals surface area contributed by atoms with E-state index in [0.29, 0.717) is 16.5 Å². The molecule has 4 rings (SSSR count). The van der Waals surface area contributed by atoms with E-state index in [1.807, 2.05) is 12.1 Å². The molecule has 0 fully saturated rings. The maximum Gasteiger partial charge on any atom is 0.258 e. The van der Waals surface area contributed by atoms with Crippen LogP contribution < -0.4 is 5.32 Å². The third-order valence-corrected chi connectivity index (χ3v) is 5.00. The first-order valence-electron chi connectivity index (χ1n) is 8.01. The fraction of sp³-hybridized carbons (Fsp3) is 0.278. The molecule has 0 radical (unpaired) electrons. The zero-order valence-electron chi connectivity index (χ0n) is 13.1. The number of hydrogen-bond acceptors (Lipinski definition) is 5. The summed E-state index contributed by atoms with van der Waals surface area (Å²) < 4.78 is 5.57. The fourth-order valence-corrected chi connectivity index (χ4v) is 3.72. The Bertz CT molecular complexity index is 844. The molecule has 2 aromatic heterocycles. The second kappa shape index (κ2) is 6.65. The third kappa shape index (κ3) is 3.14. The lowest BCUT2D eigenvalue weighted by Crippen LogP contribution is -2.32. The second-order valence-corrected chi connectivity index (χ2v) is 6.73. The molecule has 0 unspecified atom stereocenters. The molecule has 3 aromatic rings. The quantitative estimate of drug-likeness (QED) is 0.737. The van der Waals surface area contributed by atoms with E-state index in [0.717, 1.165) is 19.3 Å². The number of aryl methyl sites for hydroxylation is 1. The minimum absolute atomic E-state index is 0.00285. The highest BCUT2D eigenvalue weighted by atomic mass is 32.2. The molecule has 0 spiro atoms. The van der Waals surface area contributed by atoms with E-state index < -0.39 is 0 Å². The van der Waals surface area contributed by atoms with Crippen LogP contribution in [-0.2, 0) is 11.2 Å². The summed E-state index contributed by atoms with van der Waals surface area (Å²) in [5.41, 5.74) is 3.79. The van der Waals surface area contributed by atoms with E-state index in [1.54, 1.807) is 12.3 Å². The van der Waals surface area contributed by atoms with Crippen LogP contribution in [0.2, 0.25) is 0 Å². The number of fused-ring (bicyclic) bond motifs is 2. The summed E-state index contributed by atoms with van der Waals surface area (Å²) in [5, 5.41) is 3.61. The molecule has 1 amide bonds. The van der Waals surface area contributed by atoms with Crippen molar-refractivity contribution >= 4 is 28.9 Å². The SMILES string of the molecule is O=C(CSc1nc2ncccc2o1)N[C@H]1CCCc2ccccc21. The number of oxazole rings is 1. The van der Waals surface area contributed by atoms with E-state index >= 15 is 0 Å². The highest BCUT2D eigenvalue weighted by molar-refractivity contribution is 7.99. The number of carbonyl (C=O) groups is 1. The molecule has 1 aliphatic carbocycles. The summed E-state index contributed by atoms with van der Waals surface area (Å²) in [7, 11) is 0. The van der Waals surface area contributed by atoms with Gasteiger partial charge in [0.15, 0.2) is 11.2 Å². The Kier molecular flexibility index (Phi) is 4.21. The van der Waals surface area contributed by atoms with Crippen molar-refractivity contribution in [3.63, 3.8) is 0 Å². The first-order valence-corrected chi connectivity index (χ1v) is 9.00. The van der Waals surface area contributed by atoms with E-state index in [-0.39, 0.29) is 17.7 Å². The predicted molar refractivity (Wildman–Crippen MR) is 92.8 cm³/mol. The van der Waals surface area contributed by atoms with Crippen LogP contribution >= 0.6 is 11.8 Å². The van der Waals surface area contributed by atoms with Crippen molar-refractivity contribution in [3.05, 3.63) is 53.7 Å². The topological polar surface area (TPSA) is 68.0 Å². The maximum atomic E-state index is 12.3. The van der Waals surface area contributed by atoms with Gasteiger partial charge in [0.2, 0.25) is 5.91 Å². The van der Waals surface area contributed by atoms with Crippen LogP contribution in [0.25, 0.3) is 11.2 Å². The van der Waals surface area contributed by atoms with Crippen molar-refractivity contribution in [1.82, 2.24) is 15.3 Å². The minimum Gasteiger partial charge on any atom is -0.430 e. The van der Waals surface area contributed by atoms with Crippen LogP contribution in [0.15, 0.2) is 52.2 Å². The maximum absolute atomic E-state index is 12.3. The largest absolute Gasteiger partial charge is 0.430 e. The lowest BCUT2D eigenvalue weighted by atomic mass is 9.88. The Morgan fingerprint density at radius 1 is 1.29 bits per heavy atom. The summed E-state index contributed by atoms with van der Waals surface area (Å²) in [6.45, 7) is 0. The standard InChI is InChI=1S/C18H17N3O2S/c22-16(11-24-18-21-17-15(23-18)9-4-10-19-17)20-14-8-3-6-12-5-1-2-7-13(12)14/h1-2,4-5,7,9-10,14H,3,6,8,11H2,(H,20,22)/t14-/m0/s1. The molecule has 1 aromatic carbocycles. The highest BCUT2D eigenvalue weighted by Gasteiger charge is 2.21. The molecular formula is C18H17N3O2S. The Hall–Kier alpha value is -2.34. The summed E-state index contributed by atoms with van der Waals surface area (Å²) >= 11 is 1.29. The second-order valence-electron chi connectivity index (χ2n) is 5.80. The Balaban J connectivity index is 1.39. The Morgan fingerprint density at radius 2 is 2.21 bits per heavy atom. The van der Waals surface area contributed by atoms with Crippen molar-refractivity contribution in [1.29, 1.82) is 0 Å². The third-order valence-electron chi connectivity index (χ3n) is 4.18. The first-order chi connectivity index (χ1) is 11.8. The van der Waals surface area contributed by atoms with E-state index in [1.165, 1.54) is 22.9 Å². The van der Waals surface area contributed by atoms with Gasteiger partial charge < -0.3 is 9.73 Å².